The minimum atomic E-state index is -0.676. The number of hydrogen-bond acceptors (Lipinski definition) is 7. The highest BCUT2D eigenvalue weighted by Crippen LogP contribution is 2.25. The highest BCUT2D eigenvalue weighted by molar-refractivity contribution is 6.31. The van der Waals surface area contributed by atoms with E-state index in [0.29, 0.717) is 23.9 Å². The lowest BCUT2D eigenvalue weighted by Gasteiger charge is -2.17. The Kier molecular flexibility index (Phi) is 9.36. The minimum absolute atomic E-state index is 0.0201. The van der Waals surface area contributed by atoms with Gasteiger partial charge in [0.2, 0.25) is 5.91 Å². The van der Waals surface area contributed by atoms with Crippen LogP contribution in [0.5, 0.6) is 0 Å². The first-order valence-electron chi connectivity index (χ1n) is 12.3. The maximum atomic E-state index is 14.0. The zero-order valence-corrected chi connectivity index (χ0v) is 21.7. The van der Waals surface area contributed by atoms with Gasteiger partial charge in [0.15, 0.2) is 11.6 Å². The smallest absolute Gasteiger partial charge is 0.230 e. The number of hydrogen-bond donors (Lipinski definition) is 4. The second-order valence-corrected chi connectivity index (χ2v) is 8.98. The first-order chi connectivity index (χ1) is 18.5. The number of aromatic nitrogens is 4. The molecule has 0 spiro atoms. The average Bonchev–Trinajstić information content (AvgIpc) is 3.35. The summed E-state index contributed by atoms with van der Waals surface area (Å²) in [6.45, 7) is 4.73. The van der Waals surface area contributed by atoms with Crippen molar-refractivity contribution < 1.29 is 14.3 Å². The van der Waals surface area contributed by atoms with Gasteiger partial charge in [0.1, 0.15) is 12.1 Å². The van der Waals surface area contributed by atoms with Crippen molar-refractivity contribution in [3.05, 3.63) is 77.0 Å². The van der Waals surface area contributed by atoms with Gasteiger partial charge in [-0.1, -0.05) is 42.8 Å². The number of nitrogens with zero attached hydrogens (tertiary/aromatic N) is 4. The van der Waals surface area contributed by atoms with Crippen LogP contribution in [0.4, 0.5) is 21.7 Å². The summed E-state index contributed by atoms with van der Waals surface area (Å²) in [4.78, 5) is 23.3. The van der Waals surface area contributed by atoms with Crippen molar-refractivity contribution in [3.8, 4) is 0 Å². The highest BCUT2D eigenvalue weighted by Gasteiger charge is 2.13. The Bertz CT molecular complexity index is 1430. The molecule has 4 aromatic rings. The molecule has 0 aliphatic heterocycles. The summed E-state index contributed by atoms with van der Waals surface area (Å²) in [5.41, 5.74) is 2.36. The van der Waals surface area contributed by atoms with Crippen LogP contribution < -0.4 is 10.6 Å². The number of carbonyl (C=O) groups excluding carboxylic acids is 1. The third-order valence-electron chi connectivity index (χ3n) is 5.90. The predicted octanol–water partition coefficient (Wildman–Crippen LogP) is 4.79. The summed E-state index contributed by atoms with van der Waals surface area (Å²) in [5, 5.41) is 22.6. The van der Waals surface area contributed by atoms with Crippen molar-refractivity contribution in [2.45, 2.75) is 19.8 Å². The first-order valence-corrected chi connectivity index (χ1v) is 12.6. The van der Waals surface area contributed by atoms with Gasteiger partial charge in [-0.2, -0.15) is 5.10 Å². The maximum Gasteiger partial charge on any atom is 0.230 e. The van der Waals surface area contributed by atoms with Crippen LogP contribution in [0.2, 0.25) is 5.02 Å². The molecule has 2 aromatic heterocycles. The van der Waals surface area contributed by atoms with Crippen molar-refractivity contribution in [1.29, 1.82) is 0 Å². The van der Waals surface area contributed by atoms with Gasteiger partial charge < -0.3 is 20.6 Å². The van der Waals surface area contributed by atoms with Gasteiger partial charge in [0, 0.05) is 30.2 Å². The summed E-state index contributed by atoms with van der Waals surface area (Å²) < 4.78 is 14.0. The number of halogens is 2. The van der Waals surface area contributed by atoms with Crippen molar-refractivity contribution >= 4 is 51.8 Å². The van der Waals surface area contributed by atoms with E-state index < -0.39 is 11.7 Å². The van der Waals surface area contributed by atoms with E-state index in [2.05, 4.69) is 54.8 Å². The topological polar surface area (TPSA) is 119 Å². The van der Waals surface area contributed by atoms with Crippen LogP contribution in [0, 0.1) is 5.82 Å². The van der Waals surface area contributed by atoms with Crippen molar-refractivity contribution in [3.63, 3.8) is 0 Å². The molecule has 0 unspecified atom stereocenters. The number of aromatic amines is 1. The van der Waals surface area contributed by atoms with Crippen LogP contribution in [-0.2, 0) is 11.2 Å². The molecule has 0 aliphatic carbocycles. The van der Waals surface area contributed by atoms with E-state index in [1.54, 1.807) is 12.1 Å². The molecule has 38 heavy (non-hydrogen) atoms. The van der Waals surface area contributed by atoms with Gasteiger partial charge in [0.05, 0.1) is 29.3 Å². The van der Waals surface area contributed by atoms with Gasteiger partial charge >= 0.3 is 0 Å². The van der Waals surface area contributed by atoms with E-state index >= 15 is 0 Å². The second kappa shape index (κ2) is 13.1. The first kappa shape index (κ1) is 27.2. The molecule has 0 atom stereocenters. The number of anilines is 3. The lowest BCUT2D eigenvalue weighted by atomic mass is 10.1. The summed E-state index contributed by atoms with van der Waals surface area (Å²) in [6.07, 6.45) is 6.51. The third-order valence-corrected chi connectivity index (χ3v) is 6.19. The monoisotopic (exact) mass is 537 g/mol. The molecule has 11 heteroatoms. The number of rotatable bonds is 12. The highest BCUT2D eigenvalue weighted by atomic mass is 35.5. The molecular formula is C27H29ClFN7O2. The van der Waals surface area contributed by atoms with Gasteiger partial charge in [-0.3, -0.25) is 9.89 Å². The molecule has 0 radical (unpaired) electrons. The number of likely N-dealkylation sites (N-methyl/N-ethyl adjacent to an activating group) is 1. The fourth-order valence-corrected chi connectivity index (χ4v) is 4.10. The van der Waals surface area contributed by atoms with Crippen LogP contribution in [0.3, 0.4) is 0 Å². The quantitative estimate of drug-likeness (QED) is 0.205. The van der Waals surface area contributed by atoms with E-state index in [1.807, 2.05) is 18.2 Å². The number of aliphatic hydroxyl groups is 1. The van der Waals surface area contributed by atoms with Gasteiger partial charge in [0.25, 0.3) is 0 Å². The lowest BCUT2D eigenvalue weighted by Crippen LogP contribution is -2.27. The van der Waals surface area contributed by atoms with Crippen LogP contribution >= 0.6 is 11.6 Å². The summed E-state index contributed by atoms with van der Waals surface area (Å²) in [6, 6.07) is 12.0. The van der Waals surface area contributed by atoms with E-state index in [4.69, 9.17) is 16.7 Å². The minimum Gasteiger partial charge on any atom is -0.395 e. The van der Waals surface area contributed by atoms with E-state index in [1.165, 1.54) is 18.5 Å². The number of benzene rings is 2. The second-order valence-electron chi connectivity index (χ2n) is 8.58. The summed E-state index contributed by atoms with van der Waals surface area (Å²) in [7, 11) is 0. The van der Waals surface area contributed by atoms with Gasteiger partial charge in [-0.25, -0.2) is 14.4 Å². The molecule has 2 heterocycles. The molecular weight excluding hydrogens is 509 g/mol. The molecule has 4 N–H and O–H groups in total. The molecule has 0 saturated heterocycles. The molecule has 9 nitrogen and oxygen atoms in total. The Hall–Kier alpha value is -3.86. The number of aliphatic hydroxyl groups excluding tert-OH is 1. The summed E-state index contributed by atoms with van der Waals surface area (Å²) in [5.74, 6) is -0.0270. The normalized spacial score (nSPS) is 11.5. The molecule has 0 saturated carbocycles. The molecule has 0 bridgehead atoms. The van der Waals surface area contributed by atoms with Crippen molar-refractivity contribution in [2.75, 3.05) is 36.9 Å². The van der Waals surface area contributed by atoms with Crippen LogP contribution in [0.15, 0.2) is 54.9 Å². The van der Waals surface area contributed by atoms with Crippen LogP contribution in [-0.4, -0.2) is 62.3 Å². The Morgan fingerprint density at radius 1 is 1.21 bits per heavy atom. The standard InChI is InChI=1S/C27H29ClFN7O2/c1-2-36(12-13-37)11-4-3-6-18-9-10-20-23(14-18)30-17-31-27(20)33-24-15-19(34-35-24)16-25(38)32-22-8-5-7-21(28)26(22)29/h3,5-10,14-15,17,37H,2,4,11-13,16H2,1H3,(H,32,38)(H2,30,31,33,34,35)/b6-3+. The van der Waals surface area contributed by atoms with Crippen LogP contribution in [0.1, 0.15) is 24.6 Å². The summed E-state index contributed by atoms with van der Waals surface area (Å²) >= 11 is 5.77. The molecule has 2 aromatic carbocycles. The Balaban J connectivity index is 1.38. The molecule has 0 aliphatic rings. The third kappa shape index (κ3) is 7.12. The van der Waals surface area contributed by atoms with E-state index in [9.17, 15) is 9.18 Å². The van der Waals surface area contributed by atoms with Crippen molar-refractivity contribution in [1.82, 2.24) is 25.1 Å². The fourth-order valence-electron chi connectivity index (χ4n) is 3.93. The zero-order valence-electron chi connectivity index (χ0n) is 20.9. The number of amides is 1. The zero-order chi connectivity index (χ0) is 26.9. The number of carbonyl (C=O) groups is 1. The number of nitrogens with one attached hydrogen (secondary N) is 3. The van der Waals surface area contributed by atoms with E-state index in [-0.39, 0.29) is 23.7 Å². The fraction of sp³-hybridized carbons (Fsp3) is 0.259. The van der Waals surface area contributed by atoms with E-state index in [0.717, 1.165) is 36.0 Å². The molecule has 4 rings (SSSR count). The largest absolute Gasteiger partial charge is 0.395 e. The maximum absolute atomic E-state index is 14.0. The Labute approximate surface area is 224 Å². The number of H-pyrrole nitrogens is 1. The molecule has 0 fully saturated rings. The molecule has 1 amide bonds. The van der Waals surface area contributed by atoms with Crippen molar-refractivity contribution in [2.24, 2.45) is 0 Å². The van der Waals surface area contributed by atoms with Gasteiger partial charge in [-0.05, 0) is 42.8 Å². The Morgan fingerprint density at radius 3 is 2.89 bits per heavy atom. The van der Waals surface area contributed by atoms with Crippen LogP contribution in [0.25, 0.3) is 17.0 Å². The number of fused-ring (bicyclic) bond motifs is 1. The molecule has 198 valence electrons. The Morgan fingerprint density at radius 2 is 2.08 bits per heavy atom. The SMILES string of the molecule is CCN(CCO)CC/C=C/c1ccc2c(Nc3cc(CC(=O)Nc4cccc(Cl)c4F)[nH]n3)ncnc2c1. The average molecular weight is 538 g/mol. The van der Waals surface area contributed by atoms with Gasteiger partial charge in [-0.15, -0.1) is 0 Å². The predicted molar refractivity (Wildman–Crippen MR) is 148 cm³/mol. The lowest BCUT2D eigenvalue weighted by molar-refractivity contribution is -0.115.